The van der Waals surface area contributed by atoms with Gasteiger partial charge in [0.05, 0.1) is 18.9 Å². The second-order valence-electron chi connectivity index (χ2n) is 8.82. The molecule has 0 bridgehead atoms. The lowest BCUT2D eigenvalue weighted by atomic mass is 9.88. The average Bonchev–Trinajstić information content (AvgIpc) is 2.84. The monoisotopic (exact) mass is 483 g/mol. The summed E-state index contributed by atoms with van der Waals surface area (Å²) >= 11 is 0. The standard InChI is InChI=1S/C27H28F3N3O2/c1-17-16-35-20(14-32-17)9-10-22-24(29)3-2-4-26(22)33-27(34)13-23(18-5-7-19(28)8-6-18)21-11-12-31-15-25(21)30/h2-8,11-12,15,17,20,23,32H,9-10,13-14,16H2,1H3,(H,33,34)/t17-,20-,23+/m1/s1. The molecule has 3 aromatic rings. The lowest BCUT2D eigenvalue weighted by Crippen LogP contribution is -2.44. The zero-order valence-electron chi connectivity index (χ0n) is 19.4. The fourth-order valence-corrected chi connectivity index (χ4v) is 4.31. The second-order valence-corrected chi connectivity index (χ2v) is 8.82. The summed E-state index contributed by atoms with van der Waals surface area (Å²) in [5, 5.41) is 6.14. The highest BCUT2D eigenvalue weighted by molar-refractivity contribution is 5.92. The van der Waals surface area contributed by atoms with E-state index in [1.165, 1.54) is 48.7 Å². The van der Waals surface area contributed by atoms with Gasteiger partial charge in [-0.3, -0.25) is 9.78 Å². The Hall–Kier alpha value is -3.23. The van der Waals surface area contributed by atoms with E-state index in [1.54, 1.807) is 6.07 Å². The number of hydrogen-bond acceptors (Lipinski definition) is 4. The van der Waals surface area contributed by atoms with Gasteiger partial charge in [-0.1, -0.05) is 18.2 Å². The second kappa shape index (κ2) is 11.5. The SMILES string of the molecule is C[C@@H]1CO[C@H](CCc2c(F)cccc2NC(=O)C[C@@H](c2ccc(F)cc2)c2ccncc2F)CN1. The minimum atomic E-state index is -0.667. The van der Waals surface area contributed by atoms with Crippen molar-refractivity contribution in [1.82, 2.24) is 10.3 Å². The predicted octanol–water partition coefficient (Wildman–Crippen LogP) is 4.97. The quantitative estimate of drug-likeness (QED) is 0.475. The first-order valence-electron chi connectivity index (χ1n) is 11.7. The highest BCUT2D eigenvalue weighted by Gasteiger charge is 2.23. The molecule has 0 unspecified atom stereocenters. The van der Waals surface area contributed by atoms with Crippen LogP contribution in [0.3, 0.4) is 0 Å². The topological polar surface area (TPSA) is 63.2 Å². The number of aromatic nitrogens is 1. The maximum absolute atomic E-state index is 14.7. The number of halogens is 3. The molecule has 1 aliphatic heterocycles. The lowest BCUT2D eigenvalue weighted by molar-refractivity contribution is -0.116. The van der Waals surface area contributed by atoms with Crippen LogP contribution in [-0.2, 0) is 16.0 Å². The minimum Gasteiger partial charge on any atom is -0.375 e. The van der Waals surface area contributed by atoms with Crippen molar-refractivity contribution in [2.75, 3.05) is 18.5 Å². The predicted molar refractivity (Wildman–Crippen MR) is 128 cm³/mol. The third-order valence-corrected chi connectivity index (χ3v) is 6.23. The Morgan fingerprint density at radius 2 is 1.94 bits per heavy atom. The molecule has 184 valence electrons. The Morgan fingerprint density at radius 1 is 1.14 bits per heavy atom. The van der Waals surface area contributed by atoms with Gasteiger partial charge in [0.15, 0.2) is 0 Å². The van der Waals surface area contributed by atoms with Crippen molar-refractivity contribution in [1.29, 1.82) is 0 Å². The van der Waals surface area contributed by atoms with Crippen molar-refractivity contribution < 1.29 is 22.7 Å². The zero-order valence-corrected chi connectivity index (χ0v) is 19.4. The van der Waals surface area contributed by atoms with Gasteiger partial charge in [0.1, 0.15) is 17.5 Å². The number of morpholine rings is 1. The van der Waals surface area contributed by atoms with Crippen LogP contribution in [0, 0.1) is 17.5 Å². The van der Waals surface area contributed by atoms with Crippen molar-refractivity contribution in [2.24, 2.45) is 0 Å². The van der Waals surface area contributed by atoms with Gasteiger partial charge in [-0.25, -0.2) is 13.2 Å². The smallest absolute Gasteiger partial charge is 0.225 e. The normalized spacial score (nSPS) is 18.7. The van der Waals surface area contributed by atoms with Crippen molar-refractivity contribution >= 4 is 11.6 Å². The molecule has 2 N–H and O–H groups in total. The minimum absolute atomic E-state index is 0.0353. The summed E-state index contributed by atoms with van der Waals surface area (Å²) < 4.78 is 48.5. The van der Waals surface area contributed by atoms with Crippen molar-refractivity contribution in [3.8, 4) is 0 Å². The maximum Gasteiger partial charge on any atom is 0.225 e. The number of carbonyl (C=O) groups excluding carboxylic acids is 1. The molecular weight excluding hydrogens is 455 g/mol. The maximum atomic E-state index is 14.7. The Bertz CT molecular complexity index is 1150. The largest absolute Gasteiger partial charge is 0.375 e. The summed E-state index contributed by atoms with van der Waals surface area (Å²) in [6.07, 6.45) is 3.37. The van der Waals surface area contributed by atoms with Crippen LogP contribution < -0.4 is 10.6 Å². The van der Waals surface area contributed by atoms with Crippen molar-refractivity contribution in [3.63, 3.8) is 0 Å². The number of anilines is 1. The summed E-state index contributed by atoms with van der Waals surface area (Å²) in [5.74, 6) is -2.47. The van der Waals surface area contributed by atoms with Crippen LogP contribution in [0.25, 0.3) is 0 Å². The van der Waals surface area contributed by atoms with Gasteiger partial charge in [-0.15, -0.1) is 0 Å². The molecule has 8 heteroatoms. The van der Waals surface area contributed by atoms with Crippen LogP contribution in [0.4, 0.5) is 18.9 Å². The number of benzene rings is 2. The first-order valence-corrected chi connectivity index (χ1v) is 11.7. The van der Waals surface area contributed by atoms with Gasteiger partial charge in [-0.2, -0.15) is 0 Å². The molecule has 1 amide bonds. The molecular formula is C27H28F3N3O2. The summed E-state index contributed by atoms with van der Waals surface area (Å²) in [4.78, 5) is 16.8. The molecule has 3 atom stereocenters. The van der Waals surface area contributed by atoms with Crippen LogP contribution in [0.15, 0.2) is 60.9 Å². The molecule has 2 heterocycles. The highest BCUT2D eigenvalue weighted by atomic mass is 19.1. The van der Waals surface area contributed by atoms with Crippen LogP contribution in [0.1, 0.15) is 42.4 Å². The molecule has 1 fully saturated rings. The molecule has 1 aromatic heterocycles. The number of amides is 1. The number of nitrogens with one attached hydrogen (secondary N) is 2. The number of carbonyl (C=O) groups is 1. The molecule has 1 aliphatic rings. The first-order chi connectivity index (χ1) is 16.9. The fourth-order valence-electron chi connectivity index (χ4n) is 4.31. The number of ether oxygens (including phenoxy) is 1. The number of hydrogen-bond donors (Lipinski definition) is 2. The van der Waals surface area contributed by atoms with Crippen molar-refractivity contribution in [3.05, 3.63) is 95.1 Å². The molecule has 0 aliphatic carbocycles. The third-order valence-electron chi connectivity index (χ3n) is 6.23. The van der Waals surface area contributed by atoms with Gasteiger partial charge in [0.25, 0.3) is 0 Å². The van der Waals surface area contributed by atoms with E-state index in [1.807, 2.05) is 6.92 Å². The van der Waals surface area contributed by atoms with Gasteiger partial charge in [0, 0.05) is 42.4 Å². The molecule has 4 rings (SSSR count). The summed E-state index contributed by atoms with van der Waals surface area (Å²) in [6, 6.07) is 11.9. The zero-order chi connectivity index (χ0) is 24.8. The van der Waals surface area contributed by atoms with E-state index in [2.05, 4.69) is 15.6 Å². The van der Waals surface area contributed by atoms with Crippen LogP contribution in [0.5, 0.6) is 0 Å². The molecule has 0 saturated carbocycles. The number of rotatable bonds is 8. The Morgan fingerprint density at radius 3 is 2.66 bits per heavy atom. The molecule has 35 heavy (non-hydrogen) atoms. The van der Waals surface area contributed by atoms with Crippen LogP contribution in [0.2, 0.25) is 0 Å². The molecule has 5 nitrogen and oxygen atoms in total. The molecule has 0 radical (unpaired) electrons. The van der Waals surface area contributed by atoms with E-state index >= 15 is 0 Å². The van der Waals surface area contributed by atoms with E-state index in [0.717, 1.165) is 6.20 Å². The number of pyridine rings is 1. The fraction of sp³-hybridized carbons (Fsp3) is 0.333. The summed E-state index contributed by atoms with van der Waals surface area (Å²) in [6.45, 7) is 3.33. The van der Waals surface area contributed by atoms with Gasteiger partial charge >= 0.3 is 0 Å². The molecule has 1 saturated heterocycles. The summed E-state index contributed by atoms with van der Waals surface area (Å²) in [7, 11) is 0. The van der Waals surface area contributed by atoms with E-state index < -0.39 is 29.3 Å². The van der Waals surface area contributed by atoms with E-state index in [4.69, 9.17) is 4.74 Å². The van der Waals surface area contributed by atoms with Gasteiger partial charge in [0.2, 0.25) is 5.91 Å². The molecule has 2 aromatic carbocycles. The Balaban J connectivity index is 1.50. The third kappa shape index (κ3) is 6.46. The van der Waals surface area contributed by atoms with Crippen LogP contribution in [-0.4, -0.2) is 36.2 Å². The lowest BCUT2D eigenvalue weighted by Gasteiger charge is -2.28. The summed E-state index contributed by atoms with van der Waals surface area (Å²) in [5.41, 5.74) is 1.64. The Kier molecular flexibility index (Phi) is 8.15. The van der Waals surface area contributed by atoms with E-state index in [9.17, 15) is 18.0 Å². The van der Waals surface area contributed by atoms with Crippen molar-refractivity contribution in [2.45, 2.75) is 44.2 Å². The highest BCUT2D eigenvalue weighted by Crippen LogP contribution is 2.31. The molecule has 0 spiro atoms. The first kappa shape index (κ1) is 24.9. The number of nitrogens with zero attached hydrogens (tertiary/aromatic N) is 1. The van der Waals surface area contributed by atoms with E-state index in [-0.39, 0.29) is 24.1 Å². The van der Waals surface area contributed by atoms with E-state index in [0.29, 0.717) is 42.8 Å². The average molecular weight is 484 g/mol. The van der Waals surface area contributed by atoms with Crippen LogP contribution >= 0.6 is 0 Å². The van der Waals surface area contributed by atoms with Gasteiger partial charge < -0.3 is 15.4 Å². The Labute approximate surface area is 202 Å². The van der Waals surface area contributed by atoms with Gasteiger partial charge in [-0.05, 0) is 61.2 Å².